The Morgan fingerprint density at radius 2 is 1.84 bits per heavy atom. The lowest BCUT2D eigenvalue weighted by molar-refractivity contribution is 0.0447. The predicted molar refractivity (Wildman–Crippen MR) is 78.2 cm³/mol. The molecule has 2 rings (SSSR count). The second kappa shape index (κ2) is 7.63. The van der Waals surface area contributed by atoms with Crippen LogP contribution < -0.4 is 0 Å². The molecule has 4 heteroatoms. The monoisotopic (exact) mass is 267 g/mol. The number of aliphatic hydroxyl groups is 1. The van der Waals surface area contributed by atoms with Crippen molar-refractivity contribution in [3.8, 4) is 0 Å². The lowest BCUT2D eigenvalue weighted by Gasteiger charge is -2.30. The molecule has 0 saturated heterocycles. The Balaban J connectivity index is 0.000000550. The zero-order valence-corrected chi connectivity index (χ0v) is 13.1. The number of aliphatic hydroxyl groups excluding tert-OH is 1. The molecule has 1 fully saturated rings. The van der Waals surface area contributed by atoms with Crippen LogP contribution in [0.5, 0.6) is 0 Å². The molecule has 19 heavy (non-hydrogen) atoms. The standard InChI is InChI=1S/C12H21N3O.C3H8/c1-4-10-9(3)13-15(14-10)11-7-8(2)5-6-12(11)16;1-3-2/h8,11-12,16H,4-7H2,1-3H3;3H2,1-2H3. The van der Waals surface area contributed by atoms with Crippen LogP contribution in [-0.2, 0) is 6.42 Å². The Morgan fingerprint density at radius 3 is 2.37 bits per heavy atom. The van der Waals surface area contributed by atoms with Gasteiger partial charge in [-0.15, -0.1) is 0 Å². The highest BCUT2D eigenvalue weighted by Crippen LogP contribution is 2.31. The first-order chi connectivity index (χ1) is 9.03. The summed E-state index contributed by atoms with van der Waals surface area (Å²) in [6.07, 6.45) is 4.84. The van der Waals surface area contributed by atoms with E-state index in [-0.39, 0.29) is 12.1 Å². The second-order valence-electron chi connectivity index (χ2n) is 5.67. The Morgan fingerprint density at radius 1 is 1.21 bits per heavy atom. The summed E-state index contributed by atoms with van der Waals surface area (Å²) in [6, 6.07) is 0.0720. The van der Waals surface area contributed by atoms with Gasteiger partial charge in [-0.1, -0.05) is 34.1 Å². The van der Waals surface area contributed by atoms with E-state index in [0.717, 1.165) is 37.1 Å². The van der Waals surface area contributed by atoms with E-state index in [9.17, 15) is 5.11 Å². The van der Waals surface area contributed by atoms with Gasteiger partial charge in [0.1, 0.15) is 0 Å². The normalized spacial score (nSPS) is 26.7. The summed E-state index contributed by atoms with van der Waals surface area (Å²) in [5, 5.41) is 18.9. The largest absolute Gasteiger partial charge is 0.391 e. The first-order valence-corrected chi connectivity index (χ1v) is 7.63. The number of rotatable bonds is 2. The van der Waals surface area contributed by atoms with Crippen molar-refractivity contribution in [1.29, 1.82) is 0 Å². The highest BCUT2D eigenvalue weighted by molar-refractivity contribution is 5.06. The van der Waals surface area contributed by atoms with Crippen molar-refractivity contribution >= 4 is 0 Å². The molecule has 3 atom stereocenters. The minimum Gasteiger partial charge on any atom is -0.391 e. The summed E-state index contributed by atoms with van der Waals surface area (Å²) in [4.78, 5) is 1.74. The fourth-order valence-corrected chi connectivity index (χ4v) is 2.49. The molecule has 0 bridgehead atoms. The molecule has 1 aromatic heterocycles. The lowest BCUT2D eigenvalue weighted by Crippen LogP contribution is -2.32. The molecule has 1 N–H and O–H groups in total. The minimum absolute atomic E-state index is 0.0720. The molecule has 0 spiro atoms. The molecule has 0 aromatic carbocycles. The smallest absolute Gasteiger partial charge is 0.0977 e. The molecule has 1 aliphatic carbocycles. The first-order valence-electron chi connectivity index (χ1n) is 7.63. The summed E-state index contributed by atoms with van der Waals surface area (Å²) < 4.78 is 0. The molecule has 3 unspecified atom stereocenters. The van der Waals surface area contributed by atoms with Gasteiger partial charge in [0.2, 0.25) is 0 Å². The molecule has 4 nitrogen and oxygen atoms in total. The van der Waals surface area contributed by atoms with E-state index in [1.807, 2.05) is 6.92 Å². The maximum Gasteiger partial charge on any atom is 0.0977 e. The van der Waals surface area contributed by atoms with Crippen LogP contribution in [0.3, 0.4) is 0 Å². The van der Waals surface area contributed by atoms with E-state index < -0.39 is 0 Å². The summed E-state index contributed by atoms with van der Waals surface area (Å²) in [6.45, 7) is 10.6. The third kappa shape index (κ3) is 4.30. The highest BCUT2D eigenvalue weighted by Gasteiger charge is 2.30. The fourth-order valence-electron chi connectivity index (χ4n) is 2.49. The molecular weight excluding hydrogens is 238 g/mol. The number of aromatic nitrogens is 3. The van der Waals surface area contributed by atoms with Gasteiger partial charge in [0, 0.05) is 0 Å². The zero-order valence-electron chi connectivity index (χ0n) is 13.1. The predicted octanol–water partition coefficient (Wildman–Crippen LogP) is 3.29. The third-order valence-corrected chi connectivity index (χ3v) is 3.57. The Hall–Kier alpha value is -0.900. The van der Waals surface area contributed by atoms with Crippen LogP contribution >= 0.6 is 0 Å². The molecule has 1 heterocycles. The average molecular weight is 267 g/mol. The summed E-state index contributed by atoms with van der Waals surface area (Å²) in [5.41, 5.74) is 2.04. The SMILES string of the molecule is CCC.CCc1nn(C2CC(C)CCC2O)nc1C. The van der Waals surface area contributed by atoms with Gasteiger partial charge < -0.3 is 5.11 Å². The van der Waals surface area contributed by atoms with Crippen LogP contribution in [0.4, 0.5) is 0 Å². The van der Waals surface area contributed by atoms with Gasteiger partial charge in [0.05, 0.1) is 23.5 Å². The van der Waals surface area contributed by atoms with E-state index in [1.54, 1.807) is 4.80 Å². The fraction of sp³-hybridized carbons (Fsp3) is 0.867. The molecule has 1 aromatic rings. The average Bonchev–Trinajstić information content (AvgIpc) is 2.74. The number of aryl methyl sites for hydroxylation is 2. The second-order valence-corrected chi connectivity index (χ2v) is 5.67. The van der Waals surface area contributed by atoms with Crippen molar-refractivity contribution in [3.63, 3.8) is 0 Å². The maximum absolute atomic E-state index is 10.0. The van der Waals surface area contributed by atoms with Crippen molar-refractivity contribution in [2.24, 2.45) is 5.92 Å². The van der Waals surface area contributed by atoms with Gasteiger partial charge in [-0.3, -0.25) is 0 Å². The summed E-state index contributed by atoms with van der Waals surface area (Å²) in [5.74, 6) is 0.657. The highest BCUT2D eigenvalue weighted by atomic mass is 16.3. The van der Waals surface area contributed by atoms with Crippen molar-refractivity contribution < 1.29 is 5.11 Å². The topological polar surface area (TPSA) is 50.9 Å². The van der Waals surface area contributed by atoms with Crippen LogP contribution in [-0.4, -0.2) is 26.2 Å². The molecule has 1 aliphatic rings. The van der Waals surface area contributed by atoms with Crippen molar-refractivity contribution in [2.45, 2.75) is 78.9 Å². The van der Waals surface area contributed by atoms with E-state index in [1.165, 1.54) is 6.42 Å². The first kappa shape index (κ1) is 16.2. The van der Waals surface area contributed by atoms with E-state index >= 15 is 0 Å². The van der Waals surface area contributed by atoms with E-state index in [0.29, 0.717) is 5.92 Å². The van der Waals surface area contributed by atoms with Crippen LogP contribution in [0.2, 0.25) is 0 Å². The molecular formula is C15H29N3O. The van der Waals surface area contributed by atoms with Gasteiger partial charge in [0.15, 0.2) is 0 Å². The molecule has 0 aliphatic heterocycles. The summed E-state index contributed by atoms with van der Waals surface area (Å²) in [7, 11) is 0. The molecule has 110 valence electrons. The Labute approximate surface area is 117 Å². The van der Waals surface area contributed by atoms with Gasteiger partial charge in [-0.2, -0.15) is 15.0 Å². The van der Waals surface area contributed by atoms with Gasteiger partial charge in [0.25, 0.3) is 0 Å². The zero-order chi connectivity index (χ0) is 14.4. The van der Waals surface area contributed by atoms with E-state index in [4.69, 9.17) is 0 Å². The number of nitrogens with zero attached hydrogens (tertiary/aromatic N) is 3. The lowest BCUT2D eigenvalue weighted by atomic mass is 9.85. The van der Waals surface area contributed by atoms with Crippen molar-refractivity contribution in [1.82, 2.24) is 15.0 Å². The molecule has 1 saturated carbocycles. The summed E-state index contributed by atoms with van der Waals surface area (Å²) >= 11 is 0. The van der Waals surface area contributed by atoms with E-state index in [2.05, 4.69) is 37.9 Å². The van der Waals surface area contributed by atoms with Crippen molar-refractivity contribution in [2.75, 3.05) is 0 Å². The number of hydrogen-bond donors (Lipinski definition) is 1. The van der Waals surface area contributed by atoms with Crippen molar-refractivity contribution in [3.05, 3.63) is 11.4 Å². The minimum atomic E-state index is -0.285. The van der Waals surface area contributed by atoms with Gasteiger partial charge >= 0.3 is 0 Å². The molecule has 0 amide bonds. The maximum atomic E-state index is 10.0. The van der Waals surface area contributed by atoms with Gasteiger partial charge in [-0.25, -0.2) is 0 Å². The Bertz CT molecular complexity index is 375. The molecule has 0 radical (unpaired) electrons. The Kier molecular flexibility index (Phi) is 6.49. The number of hydrogen-bond acceptors (Lipinski definition) is 3. The van der Waals surface area contributed by atoms with Crippen LogP contribution in [0.15, 0.2) is 0 Å². The van der Waals surface area contributed by atoms with Crippen LogP contribution in [0.25, 0.3) is 0 Å². The van der Waals surface area contributed by atoms with Crippen LogP contribution in [0.1, 0.15) is 70.8 Å². The van der Waals surface area contributed by atoms with Crippen LogP contribution in [0, 0.1) is 12.8 Å². The third-order valence-electron chi connectivity index (χ3n) is 3.57. The van der Waals surface area contributed by atoms with Gasteiger partial charge in [-0.05, 0) is 38.5 Å². The quantitative estimate of drug-likeness (QED) is 0.894.